The van der Waals surface area contributed by atoms with Crippen molar-refractivity contribution in [3.05, 3.63) is 452 Å². The van der Waals surface area contributed by atoms with E-state index in [0.29, 0.717) is 5.92 Å². The van der Waals surface area contributed by atoms with E-state index in [0.717, 1.165) is 0 Å². The molecule has 0 saturated heterocycles. The lowest BCUT2D eigenvalue weighted by Crippen LogP contribution is -2.06. The predicted molar refractivity (Wildman–Crippen MR) is 501 cm³/mol. The van der Waals surface area contributed by atoms with E-state index in [1.165, 1.54) is 184 Å². The fraction of sp³-hybridized carbons (Fsp3) is 0.182. The summed E-state index contributed by atoms with van der Waals surface area (Å²) in [6, 6.07) is 152. The van der Waals surface area contributed by atoms with Crippen LogP contribution in [0.25, 0.3) is 0 Å². The van der Waals surface area contributed by atoms with E-state index in [2.05, 4.69) is 467 Å². The first-order chi connectivity index (χ1) is 56.6. The highest BCUT2D eigenvalue weighted by molar-refractivity contribution is 7.98. The van der Waals surface area contributed by atoms with Crippen LogP contribution in [0.4, 0.5) is 0 Å². The zero-order valence-electron chi connectivity index (χ0n) is 68.4. The molecule has 5 heteroatoms. The van der Waals surface area contributed by atoms with Gasteiger partial charge in [0.1, 0.15) is 0 Å². The zero-order chi connectivity index (χ0) is 79.9. The highest BCUT2D eigenvalue weighted by Crippen LogP contribution is 2.38. The molecule has 0 atom stereocenters. The molecule has 15 aromatic rings. The lowest BCUT2D eigenvalue weighted by atomic mass is 10.0. The summed E-state index contributed by atoms with van der Waals surface area (Å²) in [5, 5.41) is 0. The standard InChI is InChI=1S/C26H31S.C24H27S.C21H21S.C20H19S.C19H17S/c1-2-3-4-5-6-9-14-23-19-21-26(22-20-23)27(24-15-10-7-11-16-24)25-17-12-8-13-18-25;1-2-3-4-7-12-21-17-19-24(20-18-21)25(22-13-8-5-9-14-22)23-15-10-6-11-16-23;1-17(2)18-13-15-21(16-14-18)22(19-9-5-3-6-10-19)20-11-7-4-8-12-20;1-16-8-12-19(13-9-16)21(18-6-4-3-5-7-18)20-14-10-17(2)11-15-20;1-16-10-8-9-15-19(16)20(17-11-4-2-5-12-17)18-13-6-3-7-14-18/h7-8,10-13,15-22H,2-6,9,14H2,1H3;5-6,8-11,13-20H,2-4,7,12H2,1H3;3-17H,1-2H3;3-15H,1-2H3;2-15H,1H3/q5*+1. The monoisotopic (exact) mass is 1600 g/mol. The molecule has 0 fully saturated rings. The molecule has 0 amide bonds. The van der Waals surface area contributed by atoms with Crippen molar-refractivity contribution in [2.24, 2.45) is 0 Å². The van der Waals surface area contributed by atoms with Gasteiger partial charge in [-0.1, -0.05) is 333 Å². The Morgan fingerprint density at radius 1 is 0.191 bits per heavy atom. The van der Waals surface area contributed by atoms with Crippen molar-refractivity contribution < 1.29 is 0 Å². The smallest absolute Gasteiger partial charge is 0.0654 e. The first kappa shape index (κ1) is 85.9. The number of rotatable bonds is 28. The molecule has 115 heavy (non-hydrogen) atoms. The van der Waals surface area contributed by atoms with Crippen LogP contribution in [0.15, 0.2) is 492 Å². The highest BCUT2D eigenvalue weighted by atomic mass is 32.2. The van der Waals surface area contributed by atoms with Crippen LogP contribution >= 0.6 is 0 Å². The van der Waals surface area contributed by atoms with Crippen LogP contribution in [0.3, 0.4) is 0 Å². The van der Waals surface area contributed by atoms with Gasteiger partial charge in [0.15, 0.2) is 73.4 Å². The Hall–Kier alpha value is -9.95. The molecule has 15 aromatic carbocycles. The molecule has 0 bridgehead atoms. The minimum Gasteiger partial charge on any atom is -0.0654 e. The number of hydrogen-bond donors (Lipinski definition) is 0. The van der Waals surface area contributed by atoms with Gasteiger partial charge in [0.05, 0.1) is 54.5 Å². The van der Waals surface area contributed by atoms with Crippen molar-refractivity contribution in [1.29, 1.82) is 0 Å². The van der Waals surface area contributed by atoms with Crippen molar-refractivity contribution >= 4 is 54.5 Å². The summed E-state index contributed by atoms with van der Waals surface area (Å²) in [4.78, 5) is 20.7. The number of hydrogen-bond acceptors (Lipinski definition) is 0. The Balaban J connectivity index is 0.000000142. The summed E-state index contributed by atoms with van der Waals surface area (Å²) >= 11 is 0. The minimum atomic E-state index is -0.0361. The van der Waals surface area contributed by atoms with Crippen molar-refractivity contribution in [1.82, 2.24) is 0 Å². The summed E-state index contributed by atoms with van der Waals surface area (Å²) in [5.74, 6) is 0.573. The summed E-state index contributed by atoms with van der Waals surface area (Å²) in [6.45, 7) is 15.5. The lowest BCUT2D eigenvalue weighted by molar-refractivity contribution is 0.607. The topological polar surface area (TPSA) is 0 Å². The molecule has 0 unspecified atom stereocenters. The SMILES string of the molecule is CC(C)c1ccc([S+](c2ccccc2)c2ccccc2)cc1.CCCCCCCCc1ccc([S+](c2ccccc2)c2ccccc2)cc1.CCCCCCc1ccc([S+](c2ccccc2)c2ccccc2)cc1.Cc1ccc([S+](c2ccccc2)c2ccc(C)cc2)cc1.Cc1ccccc1[S+](c1ccccc1)c1ccccc1. The second kappa shape index (κ2) is 47.8. The summed E-state index contributed by atoms with van der Waals surface area (Å²) in [5.41, 5.74) is 8.29. The van der Waals surface area contributed by atoms with Gasteiger partial charge in [-0.15, -0.1) is 0 Å². The molecule has 580 valence electrons. The van der Waals surface area contributed by atoms with Gasteiger partial charge in [-0.2, -0.15) is 0 Å². The Morgan fingerprint density at radius 2 is 0.391 bits per heavy atom. The molecule has 0 radical (unpaired) electrons. The maximum Gasteiger partial charge on any atom is 0.169 e. The molecular formula is C110H115S5+5. The molecule has 0 saturated carbocycles. The maximum absolute atomic E-state index is 2.34. The van der Waals surface area contributed by atoms with Crippen molar-refractivity contribution in [2.75, 3.05) is 0 Å². The summed E-state index contributed by atoms with van der Waals surface area (Å²) < 4.78 is 0. The van der Waals surface area contributed by atoms with Crippen LogP contribution in [0, 0.1) is 20.8 Å². The minimum absolute atomic E-state index is 0.0262. The normalized spacial score (nSPS) is 10.9. The average Bonchev–Trinajstić information content (AvgIpc) is 0.812. The van der Waals surface area contributed by atoms with Gasteiger partial charge in [0.2, 0.25) is 0 Å². The van der Waals surface area contributed by atoms with E-state index in [4.69, 9.17) is 0 Å². The van der Waals surface area contributed by atoms with E-state index < -0.39 is 0 Å². The van der Waals surface area contributed by atoms with Gasteiger partial charge >= 0.3 is 0 Å². The number of unbranched alkanes of at least 4 members (excludes halogenated alkanes) is 8. The molecule has 0 aliphatic carbocycles. The molecule has 0 nitrogen and oxygen atoms in total. The molecular weight excluding hydrogens is 1480 g/mol. The highest BCUT2D eigenvalue weighted by Gasteiger charge is 2.33. The van der Waals surface area contributed by atoms with Gasteiger partial charge in [-0.3, -0.25) is 0 Å². The zero-order valence-corrected chi connectivity index (χ0v) is 72.5. The Bertz CT molecular complexity index is 4890. The summed E-state index contributed by atoms with van der Waals surface area (Å²) in [6.07, 6.45) is 15.9. The lowest BCUT2D eigenvalue weighted by Gasteiger charge is -2.09. The Morgan fingerprint density at radius 3 is 0.643 bits per heavy atom. The van der Waals surface area contributed by atoms with E-state index in [1.807, 2.05) is 0 Å². The van der Waals surface area contributed by atoms with E-state index >= 15 is 0 Å². The molecule has 0 spiro atoms. The van der Waals surface area contributed by atoms with E-state index in [9.17, 15) is 0 Å². The fourth-order valence-electron chi connectivity index (χ4n) is 13.6. The van der Waals surface area contributed by atoms with Gasteiger partial charge in [0.25, 0.3) is 0 Å². The quantitative estimate of drug-likeness (QED) is 0.0339. The Labute approximate surface area is 705 Å². The first-order valence-corrected chi connectivity index (χ1v) is 47.4. The van der Waals surface area contributed by atoms with Crippen molar-refractivity contribution in [2.45, 2.75) is 205 Å². The van der Waals surface area contributed by atoms with Gasteiger partial charge in [0, 0.05) is 5.56 Å². The van der Waals surface area contributed by atoms with Crippen LogP contribution in [-0.4, -0.2) is 0 Å². The average molecular weight is 1600 g/mol. The van der Waals surface area contributed by atoms with Crippen molar-refractivity contribution in [3.63, 3.8) is 0 Å². The van der Waals surface area contributed by atoms with Gasteiger partial charge < -0.3 is 0 Å². The van der Waals surface area contributed by atoms with Crippen LogP contribution in [0.2, 0.25) is 0 Å². The third-order valence-corrected chi connectivity index (χ3v) is 31.2. The van der Waals surface area contributed by atoms with Crippen LogP contribution in [0.1, 0.15) is 131 Å². The maximum atomic E-state index is 2.34. The van der Waals surface area contributed by atoms with Gasteiger partial charge in [-0.25, -0.2) is 0 Å². The van der Waals surface area contributed by atoms with Gasteiger partial charge in [-0.05, 0) is 245 Å². The molecule has 0 aliphatic rings. The second-order valence-electron chi connectivity index (χ2n) is 29.1. The fourth-order valence-corrected chi connectivity index (χ4v) is 24.2. The largest absolute Gasteiger partial charge is 0.169 e. The first-order valence-electron chi connectivity index (χ1n) is 41.3. The molecule has 0 heterocycles. The summed E-state index contributed by atoms with van der Waals surface area (Å²) in [7, 11) is -0.159. The number of aryl methyl sites for hydroxylation is 5. The molecule has 0 aromatic heterocycles. The van der Waals surface area contributed by atoms with Crippen molar-refractivity contribution in [3.8, 4) is 0 Å². The molecule has 0 aliphatic heterocycles. The van der Waals surface area contributed by atoms with Crippen LogP contribution in [0.5, 0.6) is 0 Å². The van der Waals surface area contributed by atoms with Crippen LogP contribution in [-0.2, 0) is 67.3 Å². The molecule has 0 N–H and O–H groups in total. The molecule has 15 rings (SSSR count). The van der Waals surface area contributed by atoms with E-state index in [-0.39, 0.29) is 54.5 Å². The predicted octanol–water partition coefficient (Wildman–Crippen LogP) is 31.0. The van der Waals surface area contributed by atoms with E-state index in [1.54, 1.807) is 0 Å². The number of benzene rings is 15. The van der Waals surface area contributed by atoms with Crippen LogP contribution < -0.4 is 0 Å². The second-order valence-corrected chi connectivity index (χ2v) is 39.2. The third kappa shape index (κ3) is 26.8. The third-order valence-electron chi connectivity index (χ3n) is 19.9. The Kier molecular flexibility index (Phi) is 35.7.